The molecule has 1 amide bonds. The number of benzene rings is 2. The number of ether oxygens (including phenoxy) is 1. The van der Waals surface area contributed by atoms with Gasteiger partial charge in [-0.05, 0) is 18.2 Å². The number of aromatic hydroxyl groups is 1. The molecule has 11 nitrogen and oxygen atoms in total. The van der Waals surface area contributed by atoms with E-state index in [0.29, 0.717) is 16.7 Å². The fraction of sp³-hybridized carbons (Fsp3) is 0.190. The quantitative estimate of drug-likeness (QED) is 0.349. The lowest BCUT2D eigenvalue weighted by Crippen LogP contribution is -2.12. The molecule has 0 atom stereocenters. The van der Waals surface area contributed by atoms with Gasteiger partial charge in [0.15, 0.2) is 5.69 Å². The van der Waals surface area contributed by atoms with Gasteiger partial charge >= 0.3 is 5.97 Å². The molecule has 4 aromatic rings. The molecule has 1 N–H and O–H groups in total. The molecule has 0 aliphatic rings. The van der Waals surface area contributed by atoms with Crippen LogP contribution in [0.3, 0.4) is 0 Å². The fourth-order valence-corrected chi connectivity index (χ4v) is 3.14. The number of carbonyl (C=O) groups is 2. The summed E-state index contributed by atoms with van der Waals surface area (Å²) < 4.78 is 6.31. The van der Waals surface area contributed by atoms with Gasteiger partial charge in [-0.1, -0.05) is 48.5 Å². The third kappa shape index (κ3) is 4.36. The molecular weight excluding hydrogens is 414 g/mol. The van der Waals surface area contributed by atoms with E-state index in [1.54, 1.807) is 31.2 Å². The molecule has 2 aromatic carbocycles. The van der Waals surface area contributed by atoms with Crippen LogP contribution in [0.15, 0.2) is 64.8 Å². The standard InChI is InChI=1S/C21H19N7O4/c1-2-32-18(30)13-27-16-11-7-6-10-15(16)19(21(27)31)23-22-17(29)12-28-25-20(24-26-28)14-8-4-3-5-9-14/h3-11,31H,2,12-13H2,1H3. The first-order chi connectivity index (χ1) is 15.6. The number of nitrogens with zero attached hydrogens (tertiary/aromatic N) is 7. The Morgan fingerprint density at radius 3 is 2.59 bits per heavy atom. The highest BCUT2D eigenvalue weighted by Crippen LogP contribution is 2.38. The summed E-state index contributed by atoms with van der Waals surface area (Å²) in [4.78, 5) is 25.3. The van der Waals surface area contributed by atoms with Crippen molar-refractivity contribution in [1.29, 1.82) is 0 Å². The fourth-order valence-electron chi connectivity index (χ4n) is 3.14. The molecule has 4 rings (SSSR count). The molecule has 162 valence electrons. The van der Waals surface area contributed by atoms with Crippen LogP contribution in [0, 0.1) is 0 Å². The van der Waals surface area contributed by atoms with Crippen molar-refractivity contribution in [2.75, 3.05) is 6.61 Å². The average Bonchev–Trinajstić information content (AvgIpc) is 3.36. The van der Waals surface area contributed by atoms with Gasteiger partial charge in [0.1, 0.15) is 13.1 Å². The Morgan fingerprint density at radius 1 is 1.06 bits per heavy atom. The average molecular weight is 433 g/mol. The second-order valence-corrected chi connectivity index (χ2v) is 6.68. The number of rotatable bonds is 7. The maximum atomic E-state index is 12.3. The second kappa shape index (κ2) is 9.16. The van der Waals surface area contributed by atoms with Crippen molar-refractivity contribution in [2.24, 2.45) is 10.2 Å². The van der Waals surface area contributed by atoms with Crippen LogP contribution in [0.2, 0.25) is 0 Å². The highest BCUT2D eigenvalue weighted by Gasteiger charge is 2.19. The molecule has 0 aliphatic heterocycles. The van der Waals surface area contributed by atoms with Gasteiger partial charge in [0, 0.05) is 10.9 Å². The predicted octanol–water partition coefficient (Wildman–Crippen LogP) is 2.87. The lowest BCUT2D eigenvalue weighted by molar-refractivity contribution is -0.143. The zero-order chi connectivity index (χ0) is 22.5. The summed E-state index contributed by atoms with van der Waals surface area (Å²) in [6.45, 7) is 1.45. The van der Waals surface area contributed by atoms with Gasteiger partial charge in [-0.15, -0.1) is 20.4 Å². The monoisotopic (exact) mass is 433 g/mol. The van der Waals surface area contributed by atoms with E-state index in [9.17, 15) is 14.7 Å². The Hall–Kier alpha value is -4.41. The number of aromatic nitrogens is 5. The molecule has 0 radical (unpaired) electrons. The zero-order valence-electron chi connectivity index (χ0n) is 17.1. The zero-order valence-corrected chi connectivity index (χ0v) is 17.1. The minimum atomic E-state index is -0.636. The largest absolute Gasteiger partial charge is 0.493 e. The number of para-hydroxylation sites is 1. The van der Waals surface area contributed by atoms with Crippen molar-refractivity contribution >= 4 is 28.5 Å². The molecule has 0 aliphatic carbocycles. The van der Waals surface area contributed by atoms with Crippen LogP contribution in [0.4, 0.5) is 5.69 Å². The van der Waals surface area contributed by atoms with E-state index in [-0.39, 0.29) is 31.3 Å². The number of azo groups is 1. The highest BCUT2D eigenvalue weighted by molar-refractivity contribution is 5.96. The number of hydrogen-bond donors (Lipinski definition) is 1. The van der Waals surface area contributed by atoms with E-state index < -0.39 is 11.9 Å². The first-order valence-corrected chi connectivity index (χ1v) is 9.80. The molecule has 0 bridgehead atoms. The van der Waals surface area contributed by atoms with E-state index >= 15 is 0 Å². The Balaban J connectivity index is 1.54. The lowest BCUT2D eigenvalue weighted by atomic mass is 10.2. The van der Waals surface area contributed by atoms with Crippen LogP contribution >= 0.6 is 0 Å². The van der Waals surface area contributed by atoms with Crippen LogP contribution in [0.5, 0.6) is 5.88 Å². The minimum Gasteiger partial charge on any atom is -0.493 e. The van der Waals surface area contributed by atoms with Crippen molar-refractivity contribution < 1.29 is 19.4 Å². The summed E-state index contributed by atoms with van der Waals surface area (Å²) in [5, 5.41) is 30.7. The maximum absolute atomic E-state index is 12.3. The minimum absolute atomic E-state index is 0.0785. The summed E-state index contributed by atoms with van der Waals surface area (Å²) in [6.07, 6.45) is 0. The molecule has 32 heavy (non-hydrogen) atoms. The Labute approximate surface area is 181 Å². The third-order valence-corrected chi connectivity index (χ3v) is 4.53. The van der Waals surface area contributed by atoms with E-state index in [0.717, 1.165) is 10.4 Å². The Morgan fingerprint density at radius 2 is 1.81 bits per heavy atom. The van der Waals surface area contributed by atoms with Crippen molar-refractivity contribution in [1.82, 2.24) is 24.8 Å². The topological polar surface area (TPSA) is 137 Å². The van der Waals surface area contributed by atoms with E-state index in [4.69, 9.17) is 4.74 Å². The van der Waals surface area contributed by atoms with E-state index in [1.165, 1.54) is 4.57 Å². The SMILES string of the molecule is CCOC(=O)Cn1c(O)c(N=NC(=O)Cn2nnc(-c3ccccc3)n2)c2ccccc21. The lowest BCUT2D eigenvalue weighted by Gasteiger charge is -2.06. The number of hydrogen-bond acceptors (Lipinski definition) is 8. The van der Waals surface area contributed by atoms with Gasteiger partial charge < -0.3 is 9.84 Å². The first kappa shape index (κ1) is 20.8. The molecule has 0 unspecified atom stereocenters. The Bertz CT molecular complexity index is 1290. The van der Waals surface area contributed by atoms with Crippen molar-refractivity contribution in [3.05, 3.63) is 54.6 Å². The number of carbonyl (C=O) groups excluding carboxylic acids is 2. The van der Waals surface area contributed by atoms with Crippen LogP contribution in [0.25, 0.3) is 22.3 Å². The summed E-state index contributed by atoms with van der Waals surface area (Å²) in [5.74, 6) is -1.05. The molecule has 2 heterocycles. The summed E-state index contributed by atoms with van der Waals surface area (Å²) in [7, 11) is 0. The highest BCUT2D eigenvalue weighted by atomic mass is 16.5. The van der Waals surface area contributed by atoms with Crippen molar-refractivity contribution in [3.63, 3.8) is 0 Å². The molecule has 0 saturated heterocycles. The number of fused-ring (bicyclic) bond motifs is 1. The van der Waals surface area contributed by atoms with Crippen LogP contribution in [-0.2, 0) is 27.4 Å². The number of esters is 1. The third-order valence-electron chi connectivity index (χ3n) is 4.53. The smallest absolute Gasteiger partial charge is 0.326 e. The van der Waals surface area contributed by atoms with Gasteiger partial charge in [0.25, 0.3) is 5.91 Å². The predicted molar refractivity (Wildman–Crippen MR) is 113 cm³/mol. The first-order valence-electron chi connectivity index (χ1n) is 9.80. The van der Waals surface area contributed by atoms with E-state index in [1.807, 2.05) is 30.3 Å². The normalized spacial score (nSPS) is 11.3. The van der Waals surface area contributed by atoms with Crippen LogP contribution in [-0.4, -0.2) is 48.4 Å². The number of amides is 1. The van der Waals surface area contributed by atoms with Crippen molar-refractivity contribution in [2.45, 2.75) is 20.0 Å². The summed E-state index contributed by atoms with van der Waals surface area (Å²) in [6, 6.07) is 16.2. The summed E-state index contributed by atoms with van der Waals surface area (Å²) >= 11 is 0. The second-order valence-electron chi connectivity index (χ2n) is 6.68. The molecule has 11 heteroatoms. The van der Waals surface area contributed by atoms with Crippen LogP contribution < -0.4 is 0 Å². The van der Waals surface area contributed by atoms with Gasteiger partial charge in [-0.25, -0.2) is 0 Å². The van der Waals surface area contributed by atoms with Crippen molar-refractivity contribution in [3.8, 4) is 17.3 Å². The number of tetrazole rings is 1. The molecule has 0 saturated carbocycles. The van der Waals surface area contributed by atoms with E-state index in [2.05, 4.69) is 25.6 Å². The maximum Gasteiger partial charge on any atom is 0.326 e. The molecule has 0 fully saturated rings. The van der Waals surface area contributed by atoms with Gasteiger partial charge in [-0.3, -0.25) is 14.2 Å². The molecule has 0 spiro atoms. The summed E-state index contributed by atoms with van der Waals surface area (Å²) in [5.41, 5.74) is 1.41. The van der Waals surface area contributed by atoms with Gasteiger partial charge in [-0.2, -0.15) is 4.80 Å². The molecule has 2 aromatic heterocycles. The van der Waals surface area contributed by atoms with Gasteiger partial charge in [0.05, 0.1) is 12.1 Å². The Kier molecular flexibility index (Phi) is 5.97. The molecular formula is C21H19N7O4. The van der Waals surface area contributed by atoms with Crippen LogP contribution in [0.1, 0.15) is 6.92 Å². The van der Waals surface area contributed by atoms with Gasteiger partial charge in [0.2, 0.25) is 11.7 Å².